The van der Waals surface area contributed by atoms with Crippen LogP contribution in [-0.4, -0.2) is 25.3 Å². The topological polar surface area (TPSA) is 106 Å². The maximum absolute atomic E-state index is 11.8. The lowest BCUT2D eigenvalue weighted by molar-refractivity contribution is -0.384. The highest BCUT2D eigenvalue weighted by Gasteiger charge is 2.26. The van der Waals surface area contributed by atoms with Gasteiger partial charge >= 0.3 is 0 Å². The van der Waals surface area contributed by atoms with Crippen LogP contribution in [0.2, 0.25) is 5.02 Å². The van der Waals surface area contributed by atoms with Crippen LogP contribution in [0.1, 0.15) is 24.2 Å². The van der Waals surface area contributed by atoms with E-state index in [1.807, 2.05) is 0 Å². The average Bonchev–Trinajstić information content (AvgIpc) is 2.25. The van der Waals surface area contributed by atoms with Gasteiger partial charge in [-0.3, -0.25) is 14.9 Å². The summed E-state index contributed by atoms with van der Waals surface area (Å²) in [6, 6.07) is 1.56. The molecule has 1 amide bonds. The Bertz CT molecular complexity index is 672. The number of carbonyl (C=O) groups excluding carboxylic acids is 1. The van der Waals surface area contributed by atoms with Crippen molar-refractivity contribution in [3.8, 4) is 0 Å². The first-order chi connectivity index (χ1) is 9.04. The Kier molecular flexibility index (Phi) is 4.95. The van der Waals surface area contributed by atoms with E-state index >= 15 is 0 Å². The molecule has 0 bridgehead atoms. The van der Waals surface area contributed by atoms with E-state index in [1.54, 1.807) is 13.8 Å². The standard InChI is InChI=1S/C10H10Cl2N2O5S/c1-5(2)13-10(15)6-3-7(14(16)17)9(11)8(4-6)20(12,18)19/h3-5H,1-2H3,(H,13,15). The molecule has 0 heterocycles. The number of nitrogens with zero attached hydrogens (tertiary/aromatic N) is 1. The van der Waals surface area contributed by atoms with Gasteiger partial charge in [-0.05, 0) is 19.9 Å². The Balaban J connectivity index is 3.53. The van der Waals surface area contributed by atoms with Crippen molar-refractivity contribution >= 4 is 42.9 Å². The van der Waals surface area contributed by atoms with Crippen LogP contribution in [0.5, 0.6) is 0 Å². The third-order valence-corrected chi connectivity index (χ3v) is 4.02. The number of amides is 1. The fraction of sp³-hybridized carbons (Fsp3) is 0.300. The Morgan fingerprint density at radius 1 is 1.40 bits per heavy atom. The van der Waals surface area contributed by atoms with Gasteiger partial charge in [0.25, 0.3) is 20.6 Å². The molecule has 0 saturated carbocycles. The number of nitro benzene ring substituents is 1. The summed E-state index contributed by atoms with van der Waals surface area (Å²) in [5.41, 5.74) is -0.920. The molecule has 7 nitrogen and oxygen atoms in total. The van der Waals surface area contributed by atoms with Gasteiger partial charge in [-0.1, -0.05) is 11.6 Å². The number of benzene rings is 1. The molecule has 110 valence electrons. The van der Waals surface area contributed by atoms with Gasteiger partial charge < -0.3 is 5.32 Å². The van der Waals surface area contributed by atoms with Gasteiger partial charge in [-0.2, -0.15) is 0 Å². The molecule has 20 heavy (non-hydrogen) atoms. The van der Waals surface area contributed by atoms with Crippen molar-refractivity contribution < 1.29 is 18.1 Å². The lowest BCUT2D eigenvalue weighted by Crippen LogP contribution is -2.30. The van der Waals surface area contributed by atoms with E-state index in [4.69, 9.17) is 22.3 Å². The van der Waals surface area contributed by atoms with Crippen LogP contribution in [0.4, 0.5) is 5.69 Å². The Morgan fingerprint density at radius 2 is 1.95 bits per heavy atom. The molecule has 0 aliphatic carbocycles. The molecule has 1 rings (SSSR count). The molecule has 10 heteroatoms. The zero-order valence-electron chi connectivity index (χ0n) is 10.4. The number of hydrogen-bond donors (Lipinski definition) is 1. The predicted octanol–water partition coefficient (Wildman–Crippen LogP) is 2.31. The van der Waals surface area contributed by atoms with Crippen molar-refractivity contribution in [1.29, 1.82) is 0 Å². The Labute approximate surface area is 124 Å². The van der Waals surface area contributed by atoms with Gasteiger partial charge in [0, 0.05) is 28.4 Å². The molecule has 1 N–H and O–H groups in total. The fourth-order valence-corrected chi connectivity index (χ4v) is 2.92. The van der Waals surface area contributed by atoms with Crippen LogP contribution < -0.4 is 5.32 Å². The zero-order chi connectivity index (χ0) is 15.7. The molecule has 0 saturated heterocycles. The fourth-order valence-electron chi connectivity index (χ4n) is 1.37. The SMILES string of the molecule is CC(C)NC(=O)c1cc([N+](=O)[O-])c(Cl)c(S(=O)(=O)Cl)c1. The number of nitrogens with one attached hydrogen (secondary N) is 1. The third kappa shape index (κ3) is 3.81. The van der Waals surface area contributed by atoms with E-state index in [0.717, 1.165) is 12.1 Å². The quantitative estimate of drug-likeness (QED) is 0.514. The Morgan fingerprint density at radius 3 is 2.35 bits per heavy atom. The average molecular weight is 341 g/mol. The zero-order valence-corrected chi connectivity index (χ0v) is 12.7. The van der Waals surface area contributed by atoms with Crippen molar-refractivity contribution in [1.82, 2.24) is 5.32 Å². The van der Waals surface area contributed by atoms with Crippen molar-refractivity contribution in [2.24, 2.45) is 0 Å². The van der Waals surface area contributed by atoms with Gasteiger partial charge in [0.05, 0.1) is 4.92 Å². The number of halogens is 2. The van der Waals surface area contributed by atoms with Crippen molar-refractivity contribution in [2.75, 3.05) is 0 Å². The van der Waals surface area contributed by atoms with Crippen molar-refractivity contribution in [3.05, 3.63) is 32.8 Å². The highest BCUT2D eigenvalue weighted by molar-refractivity contribution is 8.13. The first kappa shape index (κ1) is 16.7. The van der Waals surface area contributed by atoms with Gasteiger partial charge in [0.2, 0.25) is 0 Å². The molecule has 1 aromatic carbocycles. The molecule has 0 aliphatic heterocycles. The largest absolute Gasteiger partial charge is 0.350 e. The molecular formula is C10H10Cl2N2O5S. The van der Waals surface area contributed by atoms with Gasteiger partial charge in [0.15, 0.2) is 0 Å². The second-order valence-corrected chi connectivity index (χ2v) is 7.04. The van der Waals surface area contributed by atoms with Gasteiger partial charge in [0.1, 0.15) is 9.92 Å². The lowest BCUT2D eigenvalue weighted by Gasteiger charge is -2.10. The number of nitro groups is 1. The first-order valence-corrected chi connectivity index (χ1v) is 7.96. The molecule has 0 atom stereocenters. The second-order valence-electron chi connectivity index (χ2n) is 4.13. The summed E-state index contributed by atoms with van der Waals surface area (Å²) in [6.07, 6.45) is 0. The van der Waals surface area contributed by atoms with Crippen LogP contribution in [0.3, 0.4) is 0 Å². The highest BCUT2D eigenvalue weighted by atomic mass is 35.7. The van der Waals surface area contributed by atoms with Crippen LogP contribution in [-0.2, 0) is 9.05 Å². The molecule has 0 unspecified atom stereocenters. The van der Waals surface area contributed by atoms with E-state index in [0.29, 0.717) is 0 Å². The molecular weight excluding hydrogens is 331 g/mol. The molecule has 0 aromatic heterocycles. The summed E-state index contributed by atoms with van der Waals surface area (Å²) in [6.45, 7) is 3.36. The lowest BCUT2D eigenvalue weighted by atomic mass is 10.2. The maximum Gasteiger partial charge on any atom is 0.290 e. The first-order valence-electron chi connectivity index (χ1n) is 5.27. The van der Waals surface area contributed by atoms with Gasteiger partial charge in [-0.15, -0.1) is 0 Å². The molecule has 0 spiro atoms. The van der Waals surface area contributed by atoms with E-state index in [-0.39, 0.29) is 11.6 Å². The summed E-state index contributed by atoms with van der Waals surface area (Å²) in [7, 11) is 0.838. The highest BCUT2D eigenvalue weighted by Crippen LogP contribution is 2.34. The normalized spacial score (nSPS) is 11.4. The van der Waals surface area contributed by atoms with Crippen molar-refractivity contribution in [2.45, 2.75) is 24.8 Å². The summed E-state index contributed by atoms with van der Waals surface area (Å²) >= 11 is 5.63. The monoisotopic (exact) mass is 340 g/mol. The smallest absolute Gasteiger partial charge is 0.290 e. The van der Waals surface area contributed by atoms with Crippen LogP contribution in [0, 0.1) is 10.1 Å². The predicted molar refractivity (Wildman–Crippen MR) is 73.7 cm³/mol. The minimum atomic E-state index is -4.32. The molecule has 0 aliphatic rings. The van der Waals surface area contributed by atoms with Crippen LogP contribution >= 0.6 is 22.3 Å². The van der Waals surface area contributed by atoms with Crippen molar-refractivity contribution in [3.63, 3.8) is 0 Å². The summed E-state index contributed by atoms with van der Waals surface area (Å²) in [5.74, 6) is -0.665. The van der Waals surface area contributed by atoms with Crippen LogP contribution in [0.25, 0.3) is 0 Å². The van der Waals surface area contributed by atoms with Crippen LogP contribution in [0.15, 0.2) is 17.0 Å². The van der Waals surface area contributed by atoms with Gasteiger partial charge in [-0.25, -0.2) is 8.42 Å². The summed E-state index contributed by atoms with van der Waals surface area (Å²) in [5, 5.41) is 12.7. The second kappa shape index (κ2) is 5.94. The molecule has 0 fully saturated rings. The molecule has 1 aromatic rings. The van der Waals surface area contributed by atoms with E-state index in [2.05, 4.69) is 5.32 Å². The number of hydrogen-bond acceptors (Lipinski definition) is 5. The number of rotatable bonds is 4. The van der Waals surface area contributed by atoms with E-state index in [1.165, 1.54) is 0 Å². The minimum absolute atomic E-state index is 0.214. The summed E-state index contributed by atoms with van der Waals surface area (Å²) in [4.78, 5) is 21.1. The van der Waals surface area contributed by atoms with E-state index < -0.39 is 35.5 Å². The third-order valence-electron chi connectivity index (χ3n) is 2.16. The Hall–Kier alpha value is -1.38. The minimum Gasteiger partial charge on any atom is -0.350 e. The van der Waals surface area contributed by atoms with E-state index in [9.17, 15) is 23.3 Å². The molecule has 0 radical (unpaired) electrons. The maximum atomic E-state index is 11.8. The summed E-state index contributed by atoms with van der Waals surface area (Å²) < 4.78 is 22.7. The number of carbonyl (C=O) groups is 1.